The normalized spacial score (nSPS) is 10.3. The van der Waals surface area contributed by atoms with E-state index >= 15 is 0 Å². The number of ether oxygens (including phenoxy) is 2. The molecule has 3 aromatic rings. The van der Waals surface area contributed by atoms with E-state index in [-0.39, 0.29) is 24.7 Å². The molecule has 0 aliphatic heterocycles. The first-order valence-electron chi connectivity index (χ1n) is 9.47. The van der Waals surface area contributed by atoms with Crippen molar-refractivity contribution < 1.29 is 24.2 Å². The number of rotatable bonds is 8. The first-order chi connectivity index (χ1) is 14.5. The van der Waals surface area contributed by atoms with Crippen molar-refractivity contribution in [2.75, 3.05) is 13.6 Å². The van der Waals surface area contributed by atoms with E-state index in [0.29, 0.717) is 23.5 Å². The number of hydrogen-bond acceptors (Lipinski definition) is 5. The maximum Gasteiger partial charge on any atom is 0.410 e. The van der Waals surface area contributed by atoms with Gasteiger partial charge < -0.3 is 19.5 Å². The largest absolute Gasteiger partial charge is 0.504 e. The Balaban J connectivity index is 1.49. The second kappa shape index (κ2) is 10.1. The van der Waals surface area contributed by atoms with Crippen molar-refractivity contribution in [2.24, 2.45) is 0 Å². The molecule has 0 aromatic heterocycles. The van der Waals surface area contributed by atoms with Crippen LogP contribution in [0, 0.1) is 0 Å². The number of nitrogens with zero attached hydrogens (tertiary/aromatic N) is 1. The Kier molecular flexibility index (Phi) is 7.05. The van der Waals surface area contributed by atoms with Crippen LogP contribution in [0.15, 0.2) is 78.9 Å². The van der Waals surface area contributed by atoms with Gasteiger partial charge in [0, 0.05) is 12.6 Å². The van der Waals surface area contributed by atoms with Gasteiger partial charge in [0.25, 0.3) is 0 Å². The molecular weight excluding hydrogens is 382 g/mol. The molecule has 6 nitrogen and oxygen atoms in total. The predicted octanol–water partition coefficient (Wildman–Crippen LogP) is 4.42. The lowest BCUT2D eigenvalue weighted by Crippen LogP contribution is -2.32. The number of amides is 1. The number of phenolic OH excluding ortho intramolecular Hbond substituents is 1. The fraction of sp³-hybridized carbons (Fsp3) is 0.167. The smallest absolute Gasteiger partial charge is 0.410 e. The zero-order chi connectivity index (χ0) is 21.3. The van der Waals surface area contributed by atoms with Crippen LogP contribution in [0.1, 0.15) is 21.5 Å². The Hall–Kier alpha value is -3.80. The molecule has 0 saturated heterocycles. The van der Waals surface area contributed by atoms with E-state index in [4.69, 9.17) is 9.47 Å². The zero-order valence-corrected chi connectivity index (χ0v) is 16.7. The van der Waals surface area contributed by atoms with Gasteiger partial charge in [0.1, 0.15) is 13.2 Å². The molecule has 0 spiro atoms. The summed E-state index contributed by atoms with van der Waals surface area (Å²) in [7, 11) is 1.50. The summed E-state index contributed by atoms with van der Waals surface area (Å²) in [5.74, 6) is 0.138. The number of carbonyl (C=O) groups is 2. The maximum absolute atomic E-state index is 12.2. The summed E-state index contributed by atoms with van der Waals surface area (Å²) in [6.45, 7) is 0.221. The quantitative estimate of drug-likeness (QED) is 0.562. The van der Waals surface area contributed by atoms with Crippen LogP contribution in [0.5, 0.6) is 11.5 Å². The number of benzene rings is 3. The van der Waals surface area contributed by atoms with E-state index in [1.54, 1.807) is 36.4 Å². The van der Waals surface area contributed by atoms with Crippen LogP contribution in [0.4, 0.5) is 4.79 Å². The van der Waals surface area contributed by atoms with Crippen LogP contribution in [-0.4, -0.2) is 35.5 Å². The summed E-state index contributed by atoms with van der Waals surface area (Å²) in [5.41, 5.74) is 2.13. The fourth-order valence-electron chi connectivity index (χ4n) is 2.76. The summed E-state index contributed by atoms with van der Waals surface area (Å²) in [6.07, 6.45) is -0.622. The highest BCUT2D eigenvalue weighted by molar-refractivity contribution is 5.98. The SMILES string of the molecule is CN(CC(=O)c1ccccc1)C(=O)OCc1ccc(OCc2ccccc2)c(O)c1. The van der Waals surface area contributed by atoms with Gasteiger partial charge in [0.05, 0.1) is 6.54 Å². The number of carbonyl (C=O) groups excluding carboxylic acids is 2. The standard InChI is InChI=1S/C24H23NO5/c1-25(15-22(27)20-10-6-3-7-11-20)24(28)30-17-19-12-13-23(21(26)14-19)29-16-18-8-4-2-5-9-18/h2-14,26H,15-17H2,1H3. The average molecular weight is 405 g/mol. The molecule has 6 heteroatoms. The molecule has 0 atom stereocenters. The summed E-state index contributed by atoms with van der Waals surface area (Å²) in [4.78, 5) is 25.6. The van der Waals surface area contributed by atoms with Crippen molar-refractivity contribution >= 4 is 11.9 Å². The number of ketones is 1. The van der Waals surface area contributed by atoms with Crippen LogP contribution in [0.2, 0.25) is 0 Å². The molecule has 0 bridgehead atoms. The first-order valence-corrected chi connectivity index (χ1v) is 9.47. The summed E-state index contributed by atoms with van der Waals surface area (Å²) in [6, 6.07) is 23.2. The minimum absolute atomic E-state index is 0.0325. The minimum Gasteiger partial charge on any atom is -0.504 e. The van der Waals surface area contributed by atoms with Crippen LogP contribution in [0.25, 0.3) is 0 Å². The molecule has 0 heterocycles. The number of phenols is 1. The van der Waals surface area contributed by atoms with Gasteiger partial charge >= 0.3 is 6.09 Å². The van der Waals surface area contributed by atoms with Crippen molar-refractivity contribution in [3.8, 4) is 11.5 Å². The second-order valence-corrected chi connectivity index (χ2v) is 6.78. The van der Waals surface area contributed by atoms with Gasteiger partial charge in [-0.25, -0.2) is 4.79 Å². The van der Waals surface area contributed by atoms with E-state index in [1.807, 2.05) is 36.4 Å². The van der Waals surface area contributed by atoms with Crippen LogP contribution >= 0.6 is 0 Å². The molecule has 0 aliphatic carbocycles. The molecule has 154 valence electrons. The molecule has 0 saturated carbocycles. The summed E-state index contributed by atoms with van der Waals surface area (Å²) in [5, 5.41) is 10.2. The lowest BCUT2D eigenvalue weighted by Gasteiger charge is -2.16. The van der Waals surface area contributed by atoms with E-state index in [1.165, 1.54) is 18.0 Å². The van der Waals surface area contributed by atoms with Crippen LogP contribution < -0.4 is 4.74 Å². The lowest BCUT2D eigenvalue weighted by molar-refractivity contribution is 0.0850. The van der Waals surface area contributed by atoms with E-state index in [2.05, 4.69) is 0 Å². The third-order valence-corrected chi connectivity index (χ3v) is 4.41. The van der Waals surface area contributed by atoms with Gasteiger partial charge in [-0.1, -0.05) is 66.7 Å². The molecule has 1 N–H and O–H groups in total. The monoisotopic (exact) mass is 405 g/mol. The predicted molar refractivity (Wildman–Crippen MR) is 112 cm³/mol. The Morgan fingerprint density at radius 3 is 2.20 bits per heavy atom. The molecule has 3 aromatic carbocycles. The molecule has 0 aliphatic rings. The van der Waals surface area contributed by atoms with Gasteiger partial charge in [-0.15, -0.1) is 0 Å². The minimum atomic E-state index is -0.622. The Morgan fingerprint density at radius 2 is 1.53 bits per heavy atom. The van der Waals surface area contributed by atoms with E-state index in [9.17, 15) is 14.7 Å². The van der Waals surface area contributed by atoms with Gasteiger partial charge in [-0.2, -0.15) is 0 Å². The number of likely N-dealkylation sites (N-methyl/N-ethyl adjacent to an activating group) is 1. The highest BCUT2D eigenvalue weighted by atomic mass is 16.6. The van der Waals surface area contributed by atoms with Crippen molar-refractivity contribution in [3.05, 3.63) is 95.6 Å². The fourth-order valence-corrected chi connectivity index (χ4v) is 2.76. The van der Waals surface area contributed by atoms with Crippen molar-refractivity contribution in [1.82, 2.24) is 4.90 Å². The summed E-state index contributed by atoms with van der Waals surface area (Å²) >= 11 is 0. The lowest BCUT2D eigenvalue weighted by atomic mass is 10.1. The Labute approximate surface area is 175 Å². The van der Waals surface area contributed by atoms with Crippen molar-refractivity contribution in [2.45, 2.75) is 13.2 Å². The third-order valence-electron chi connectivity index (χ3n) is 4.41. The van der Waals surface area contributed by atoms with Gasteiger partial charge in [-0.3, -0.25) is 4.79 Å². The van der Waals surface area contributed by atoms with E-state index in [0.717, 1.165) is 5.56 Å². The molecule has 3 rings (SSSR count). The van der Waals surface area contributed by atoms with Gasteiger partial charge in [0.15, 0.2) is 17.3 Å². The summed E-state index contributed by atoms with van der Waals surface area (Å²) < 4.78 is 10.9. The molecule has 0 radical (unpaired) electrons. The number of aromatic hydroxyl groups is 1. The number of hydrogen-bond donors (Lipinski definition) is 1. The topological polar surface area (TPSA) is 76.1 Å². The van der Waals surface area contributed by atoms with Crippen molar-refractivity contribution in [3.63, 3.8) is 0 Å². The molecule has 1 amide bonds. The maximum atomic E-state index is 12.2. The third kappa shape index (κ3) is 5.85. The molecule has 0 unspecified atom stereocenters. The van der Waals surface area contributed by atoms with Crippen molar-refractivity contribution in [1.29, 1.82) is 0 Å². The Bertz CT molecular complexity index is 989. The Morgan fingerprint density at radius 1 is 0.867 bits per heavy atom. The molecule has 0 fully saturated rings. The number of Topliss-reactive ketones (excluding diaryl/α,β-unsaturated/α-hetero) is 1. The van der Waals surface area contributed by atoms with Crippen LogP contribution in [0.3, 0.4) is 0 Å². The molecular formula is C24H23NO5. The van der Waals surface area contributed by atoms with Gasteiger partial charge in [-0.05, 0) is 23.3 Å². The average Bonchev–Trinajstić information content (AvgIpc) is 2.78. The van der Waals surface area contributed by atoms with E-state index < -0.39 is 6.09 Å². The van der Waals surface area contributed by atoms with Crippen LogP contribution in [-0.2, 0) is 18.0 Å². The second-order valence-electron chi connectivity index (χ2n) is 6.78. The highest BCUT2D eigenvalue weighted by Crippen LogP contribution is 2.28. The zero-order valence-electron chi connectivity index (χ0n) is 16.7. The highest BCUT2D eigenvalue weighted by Gasteiger charge is 2.16. The van der Waals surface area contributed by atoms with Gasteiger partial charge in [0.2, 0.25) is 0 Å². The molecule has 30 heavy (non-hydrogen) atoms. The first kappa shape index (κ1) is 20.9.